The van der Waals surface area contributed by atoms with Crippen LogP contribution in [0, 0.1) is 17.2 Å². The van der Waals surface area contributed by atoms with Gasteiger partial charge in [-0.15, -0.1) is 0 Å². The normalized spacial score (nSPS) is 11.5. The van der Waals surface area contributed by atoms with E-state index in [9.17, 15) is 14.7 Å². The van der Waals surface area contributed by atoms with Crippen molar-refractivity contribution in [1.29, 1.82) is 5.26 Å². The van der Waals surface area contributed by atoms with Gasteiger partial charge in [-0.1, -0.05) is 26.3 Å². The SMILES string of the molecule is CCCc1c(COc2ccc(C(=O)C(C)CC#N)cc2)ccc(C(C)=O)c1O. The van der Waals surface area contributed by atoms with Crippen LogP contribution in [0.2, 0.25) is 0 Å². The van der Waals surface area contributed by atoms with Crippen LogP contribution < -0.4 is 4.74 Å². The summed E-state index contributed by atoms with van der Waals surface area (Å²) in [6.45, 7) is 5.43. The fourth-order valence-corrected chi connectivity index (χ4v) is 3.02. The highest BCUT2D eigenvalue weighted by Gasteiger charge is 2.16. The van der Waals surface area contributed by atoms with E-state index in [-0.39, 0.29) is 36.3 Å². The first-order chi connectivity index (χ1) is 13.4. The van der Waals surface area contributed by atoms with Crippen LogP contribution >= 0.6 is 0 Å². The summed E-state index contributed by atoms with van der Waals surface area (Å²) in [7, 11) is 0. The van der Waals surface area contributed by atoms with Crippen molar-refractivity contribution in [1.82, 2.24) is 0 Å². The van der Waals surface area contributed by atoms with Gasteiger partial charge in [0.2, 0.25) is 0 Å². The minimum Gasteiger partial charge on any atom is -0.507 e. The molecule has 0 saturated carbocycles. The summed E-state index contributed by atoms with van der Waals surface area (Å²) in [5, 5.41) is 19.1. The zero-order valence-corrected chi connectivity index (χ0v) is 16.5. The molecule has 0 spiro atoms. The molecular formula is C23H25NO4. The van der Waals surface area contributed by atoms with E-state index in [0.29, 0.717) is 23.3 Å². The summed E-state index contributed by atoms with van der Waals surface area (Å²) < 4.78 is 5.82. The molecule has 2 rings (SSSR count). The number of carbonyl (C=O) groups is 2. The van der Waals surface area contributed by atoms with Crippen LogP contribution in [0.5, 0.6) is 11.5 Å². The van der Waals surface area contributed by atoms with Crippen LogP contribution in [-0.2, 0) is 13.0 Å². The number of nitriles is 1. The van der Waals surface area contributed by atoms with Crippen LogP contribution in [0.4, 0.5) is 0 Å². The van der Waals surface area contributed by atoms with Crippen molar-refractivity contribution in [3.05, 3.63) is 58.7 Å². The Balaban J connectivity index is 2.14. The molecule has 0 fully saturated rings. The smallest absolute Gasteiger partial charge is 0.166 e. The Morgan fingerprint density at radius 2 is 1.86 bits per heavy atom. The molecule has 0 heterocycles. The quantitative estimate of drug-likeness (QED) is 0.629. The fraction of sp³-hybridized carbons (Fsp3) is 0.348. The molecular weight excluding hydrogens is 354 g/mol. The third kappa shape index (κ3) is 4.98. The number of phenolic OH excluding ortho intramolecular Hbond substituents is 1. The van der Waals surface area contributed by atoms with E-state index in [2.05, 4.69) is 0 Å². The fourth-order valence-electron chi connectivity index (χ4n) is 3.02. The number of rotatable bonds is 9. The summed E-state index contributed by atoms with van der Waals surface area (Å²) in [6.07, 6.45) is 1.67. The number of benzene rings is 2. The maximum absolute atomic E-state index is 12.2. The van der Waals surface area contributed by atoms with E-state index in [1.807, 2.05) is 19.1 Å². The molecule has 0 radical (unpaired) electrons. The third-order valence-electron chi connectivity index (χ3n) is 4.64. The highest BCUT2D eigenvalue weighted by atomic mass is 16.5. The van der Waals surface area contributed by atoms with Crippen molar-refractivity contribution in [3.8, 4) is 17.6 Å². The van der Waals surface area contributed by atoms with E-state index in [0.717, 1.165) is 17.5 Å². The van der Waals surface area contributed by atoms with Crippen molar-refractivity contribution >= 4 is 11.6 Å². The van der Waals surface area contributed by atoms with Gasteiger partial charge in [-0.2, -0.15) is 5.26 Å². The molecule has 0 saturated heterocycles. The van der Waals surface area contributed by atoms with Crippen LogP contribution in [-0.4, -0.2) is 16.7 Å². The summed E-state index contributed by atoms with van der Waals surface area (Å²) >= 11 is 0. The molecule has 1 N–H and O–H groups in total. The Kier molecular flexibility index (Phi) is 7.34. The Bertz CT molecular complexity index is 894. The predicted octanol–water partition coefficient (Wildman–Crippen LogP) is 4.86. The Morgan fingerprint density at radius 3 is 2.43 bits per heavy atom. The van der Waals surface area contributed by atoms with Gasteiger partial charge in [0.05, 0.1) is 11.6 Å². The van der Waals surface area contributed by atoms with Crippen LogP contribution in [0.15, 0.2) is 36.4 Å². The average Bonchev–Trinajstić information content (AvgIpc) is 2.68. The summed E-state index contributed by atoms with van der Waals surface area (Å²) in [5.41, 5.74) is 2.42. The summed E-state index contributed by atoms with van der Waals surface area (Å²) in [6, 6.07) is 12.3. The van der Waals surface area contributed by atoms with Crippen LogP contribution in [0.3, 0.4) is 0 Å². The number of nitrogens with zero attached hydrogens (tertiary/aromatic N) is 1. The van der Waals surface area contributed by atoms with Crippen molar-refractivity contribution in [3.63, 3.8) is 0 Å². The second-order valence-electron chi connectivity index (χ2n) is 6.85. The monoisotopic (exact) mass is 379 g/mol. The first-order valence-corrected chi connectivity index (χ1v) is 9.37. The molecule has 2 aromatic rings. The molecule has 0 aromatic heterocycles. The number of Topliss-reactive ketones (excluding diaryl/α,β-unsaturated/α-hetero) is 2. The number of hydrogen-bond acceptors (Lipinski definition) is 5. The Morgan fingerprint density at radius 1 is 1.18 bits per heavy atom. The van der Waals surface area contributed by atoms with Crippen LogP contribution in [0.25, 0.3) is 0 Å². The number of phenols is 1. The number of carbonyl (C=O) groups excluding carboxylic acids is 2. The summed E-state index contributed by atoms with van der Waals surface area (Å²) in [5.74, 6) is 0.0531. The minimum absolute atomic E-state index is 0.0304. The zero-order chi connectivity index (χ0) is 20.7. The lowest BCUT2D eigenvalue weighted by molar-refractivity contribution is 0.0931. The van der Waals surface area contributed by atoms with Gasteiger partial charge in [0, 0.05) is 23.5 Å². The molecule has 2 aromatic carbocycles. The molecule has 0 aliphatic heterocycles. The highest BCUT2D eigenvalue weighted by molar-refractivity contribution is 5.98. The van der Waals surface area contributed by atoms with Gasteiger partial charge in [-0.05, 0) is 49.2 Å². The van der Waals surface area contributed by atoms with Crippen LogP contribution in [0.1, 0.15) is 65.5 Å². The number of hydrogen-bond donors (Lipinski definition) is 1. The van der Waals surface area contributed by atoms with Gasteiger partial charge >= 0.3 is 0 Å². The maximum Gasteiger partial charge on any atom is 0.166 e. The van der Waals surface area contributed by atoms with E-state index in [4.69, 9.17) is 10.00 Å². The van der Waals surface area contributed by atoms with Crippen molar-refractivity contribution in [2.75, 3.05) is 0 Å². The molecule has 1 unspecified atom stereocenters. The standard InChI is InChI=1S/C23H25NO4/c1-4-5-21-18(8-11-20(16(3)25)23(21)27)14-28-19-9-6-17(7-10-19)22(26)15(2)12-13-24/h6-11,15,27H,4-5,12,14H2,1-3H3. The first-order valence-electron chi connectivity index (χ1n) is 9.37. The number of ether oxygens (including phenoxy) is 1. The predicted molar refractivity (Wildman–Crippen MR) is 107 cm³/mol. The molecule has 146 valence electrons. The lowest BCUT2D eigenvalue weighted by Gasteiger charge is -2.15. The number of aromatic hydroxyl groups is 1. The molecule has 0 aliphatic rings. The van der Waals surface area contributed by atoms with Crippen molar-refractivity contribution in [2.45, 2.75) is 46.6 Å². The Hall–Kier alpha value is -3.13. The maximum atomic E-state index is 12.2. The largest absolute Gasteiger partial charge is 0.507 e. The topological polar surface area (TPSA) is 87.4 Å². The van der Waals surface area contributed by atoms with Gasteiger partial charge in [0.25, 0.3) is 0 Å². The number of ketones is 2. The molecule has 5 heteroatoms. The average molecular weight is 379 g/mol. The molecule has 1 atom stereocenters. The van der Waals surface area contributed by atoms with Crippen molar-refractivity contribution in [2.24, 2.45) is 5.92 Å². The molecule has 28 heavy (non-hydrogen) atoms. The lowest BCUT2D eigenvalue weighted by atomic mass is 9.97. The highest BCUT2D eigenvalue weighted by Crippen LogP contribution is 2.29. The van der Waals surface area contributed by atoms with Gasteiger partial charge in [0.15, 0.2) is 11.6 Å². The lowest BCUT2D eigenvalue weighted by Crippen LogP contribution is -2.10. The first kappa shape index (κ1) is 21.2. The second-order valence-corrected chi connectivity index (χ2v) is 6.85. The second kappa shape index (κ2) is 9.70. The van der Waals surface area contributed by atoms with Gasteiger partial charge in [0.1, 0.15) is 18.1 Å². The van der Waals surface area contributed by atoms with E-state index >= 15 is 0 Å². The van der Waals surface area contributed by atoms with E-state index in [1.54, 1.807) is 37.3 Å². The molecule has 0 amide bonds. The third-order valence-corrected chi connectivity index (χ3v) is 4.64. The minimum atomic E-state index is -0.337. The van der Waals surface area contributed by atoms with Gasteiger partial charge in [-0.3, -0.25) is 9.59 Å². The molecule has 0 aliphatic carbocycles. The van der Waals surface area contributed by atoms with E-state index in [1.165, 1.54) is 6.92 Å². The van der Waals surface area contributed by atoms with Gasteiger partial charge in [-0.25, -0.2) is 0 Å². The van der Waals surface area contributed by atoms with Crippen molar-refractivity contribution < 1.29 is 19.4 Å². The van der Waals surface area contributed by atoms with Gasteiger partial charge < -0.3 is 9.84 Å². The zero-order valence-electron chi connectivity index (χ0n) is 16.5. The van der Waals surface area contributed by atoms with E-state index < -0.39 is 0 Å². The summed E-state index contributed by atoms with van der Waals surface area (Å²) in [4.78, 5) is 23.9. The molecule has 5 nitrogen and oxygen atoms in total. The Labute approximate surface area is 165 Å². The molecule has 0 bridgehead atoms.